The lowest BCUT2D eigenvalue weighted by Crippen LogP contribution is -2.52. The van der Waals surface area contributed by atoms with Crippen LogP contribution in [0.15, 0.2) is 24.3 Å². The standard InChI is InChI=1S/C22H34N4O/c1-2-17-3-5-18(6-4-17)21-15-23-11-14-26(21)16-22(27)24-19-9-12-25(13-10-19)20-7-8-20/h3-6,19-21,23H,2,7-16H2,1H3,(H,24,27). The van der Waals surface area contributed by atoms with Crippen molar-refractivity contribution in [1.29, 1.82) is 0 Å². The van der Waals surface area contributed by atoms with E-state index in [4.69, 9.17) is 0 Å². The third-order valence-corrected chi connectivity index (χ3v) is 6.43. The third-order valence-electron chi connectivity index (χ3n) is 6.43. The molecule has 0 spiro atoms. The van der Waals surface area contributed by atoms with Crippen LogP contribution in [0.2, 0.25) is 0 Å². The highest BCUT2D eigenvalue weighted by atomic mass is 16.2. The molecule has 1 amide bonds. The van der Waals surface area contributed by atoms with Gasteiger partial charge in [-0.25, -0.2) is 0 Å². The van der Waals surface area contributed by atoms with Gasteiger partial charge in [-0.2, -0.15) is 0 Å². The van der Waals surface area contributed by atoms with Crippen molar-refractivity contribution in [2.75, 3.05) is 39.3 Å². The Morgan fingerprint density at radius 1 is 1.11 bits per heavy atom. The SMILES string of the molecule is CCc1ccc(C2CNCCN2CC(=O)NC2CCN(C3CC3)CC2)cc1. The second kappa shape index (κ2) is 8.72. The topological polar surface area (TPSA) is 47.6 Å². The minimum absolute atomic E-state index is 0.192. The molecule has 0 aromatic heterocycles. The zero-order valence-electron chi connectivity index (χ0n) is 16.6. The zero-order chi connectivity index (χ0) is 18.6. The highest BCUT2D eigenvalue weighted by molar-refractivity contribution is 5.78. The summed E-state index contributed by atoms with van der Waals surface area (Å²) in [5, 5.41) is 6.80. The van der Waals surface area contributed by atoms with E-state index in [9.17, 15) is 4.79 Å². The van der Waals surface area contributed by atoms with E-state index in [0.29, 0.717) is 12.6 Å². The summed E-state index contributed by atoms with van der Waals surface area (Å²) in [5.74, 6) is 0.192. The van der Waals surface area contributed by atoms with Crippen molar-refractivity contribution in [3.63, 3.8) is 0 Å². The molecule has 3 fully saturated rings. The van der Waals surface area contributed by atoms with Gasteiger partial charge < -0.3 is 15.5 Å². The second-order valence-corrected chi connectivity index (χ2v) is 8.39. The normalized spacial score (nSPS) is 25.4. The summed E-state index contributed by atoms with van der Waals surface area (Å²) in [4.78, 5) is 17.6. The minimum atomic E-state index is 0.192. The molecule has 3 aliphatic rings. The van der Waals surface area contributed by atoms with Gasteiger partial charge in [-0.05, 0) is 43.2 Å². The van der Waals surface area contributed by atoms with Gasteiger partial charge in [-0.1, -0.05) is 31.2 Å². The van der Waals surface area contributed by atoms with E-state index in [-0.39, 0.29) is 11.9 Å². The van der Waals surface area contributed by atoms with Gasteiger partial charge in [-0.15, -0.1) is 0 Å². The summed E-state index contributed by atoms with van der Waals surface area (Å²) in [5.41, 5.74) is 2.68. The van der Waals surface area contributed by atoms with Crippen LogP contribution in [-0.2, 0) is 11.2 Å². The van der Waals surface area contributed by atoms with Crippen LogP contribution >= 0.6 is 0 Å². The highest BCUT2D eigenvalue weighted by Gasteiger charge is 2.32. The lowest BCUT2D eigenvalue weighted by molar-refractivity contribution is -0.124. The van der Waals surface area contributed by atoms with Crippen LogP contribution in [0.3, 0.4) is 0 Å². The number of nitrogens with one attached hydrogen (secondary N) is 2. The van der Waals surface area contributed by atoms with E-state index in [1.54, 1.807) is 0 Å². The Hall–Kier alpha value is -1.43. The van der Waals surface area contributed by atoms with Crippen molar-refractivity contribution in [2.45, 2.75) is 57.2 Å². The van der Waals surface area contributed by atoms with E-state index in [0.717, 1.165) is 58.0 Å². The number of amides is 1. The van der Waals surface area contributed by atoms with Crippen molar-refractivity contribution in [3.8, 4) is 0 Å². The first-order chi connectivity index (χ1) is 13.2. The fourth-order valence-corrected chi connectivity index (χ4v) is 4.55. The lowest BCUT2D eigenvalue weighted by atomic mass is 10.0. The molecule has 4 rings (SSSR count). The lowest BCUT2D eigenvalue weighted by Gasteiger charge is -2.37. The van der Waals surface area contributed by atoms with Gasteiger partial charge in [0.2, 0.25) is 5.91 Å². The fourth-order valence-electron chi connectivity index (χ4n) is 4.55. The van der Waals surface area contributed by atoms with Crippen molar-refractivity contribution in [3.05, 3.63) is 35.4 Å². The Kier molecular flexibility index (Phi) is 6.11. The van der Waals surface area contributed by atoms with Crippen LogP contribution in [0.25, 0.3) is 0 Å². The summed E-state index contributed by atoms with van der Waals surface area (Å²) in [6.45, 7) is 7.78. The molecule has 2 heterocycles. The highest BCUT2D eigenvalue weighted by Crippen LogP contribution is 2.29. The molecular formula is C22H34N4O. The molecule has 0 bridgehead atoms. The summed E-state index contributed by atoms with van der Waals surface area (Å²) in [7, 11) is 0. The van der Waals surface area contributed by atoms with E-state index in [1.165, 1.54) is 24.0 Å². The van der Waals surface area contributed by atoms with Crippen molar-refractivity contribution < 1.29 is 4.79 Å². The molecule has 1 atom stereocenters. The first-order valence-corrected chi connectivity index (χ1v) is 10.8. The molecule has 0 radical (unpaired) electrons. The molecule has 5 heteroatoms. The molecule has 1 aromatic rings. The number of carbonyl (C=O) groups excluding carboxylic acids is 1. The maximum absolute atomic E-state index is 12.7. The van der Waals surface area contributed by atoms with E-state index in [2.05, 4.69) is 51.6 Å². The second-order valence-electron chi connectivity index (χ2n) is 8.39. The molecule has 1 saturated carbocycles. The number of nitrogens with zero attached hydrogens (tertiary/aromatic N) is 2. The molecule has 148 valence electrons. The van der Waals surface area contributed by atoms with Gasteiger partial charge in [0.05, 0.1) is 6.54 Å². The van der Waals surface area contributed by atoms with Crippen molar-refractivity contribution >= 4 is 5.91 Å². The average Bonchev–Trinajstić information content (AvgIpc) is 3.54. The number of hydrogen-bond acceptors (Lipinski definition) is 4. The Morgan fingerprint density at radius 3 is 2.52 bits per heavy atom. The minimum Gasteiger partial charge on any atom is -0.352 e. The quantitative estimate of drug-likeness (QED) is 0.803. The van der Waals surface area contributed by atoms with Gasteiger partial charge >= 0.3 is 0 Å². The van der Waals surface area contributed by atoms with Crippen molar-refractivity contribution in [2.24, 2.45) is 0 Å². The molecule has 1 aliphatic carbocycles. The van der Waals surface area contributed by atoms with Crippen LogP contribution in [0.1, 0.15) is 49.8 Å². The summed E-state index contributed by atoms with van der Waals surface area (Å²) >= 11 is 0. The van der Waals surface area contributed by atoms with Gasteiger partial charge in [-0.3, -0.25) is 9.69 Å². The van der Waals surface area contributed by atoms with Gasteiger partial charge in [0.25, 0.3) is 0 Å². The van der Waals surface area contributed by atoms with Crippen molar-refractivity contribution in [1.82, 2.24) is 20.4 Å². The Bertz CT molecular complexity index is 620. The summed E-state index contributed by atoms with van der Waals surface area (Å²) < 4.78 is 0. The summed E-state index contributed by atoms with van der Waals surface area (Å²) in [6, 6.07) is 10.4. The molecule has 27 heavy (non-hydrogen) atoms. The predicted octanol–water partition coefficient (Wildman–Crippen LogP) is 1.94. The van der Waals surface area contributed by atoms with E-state index >= 15 is 0 Å². The molecular weight excluding hydrogens is 336 g/mol. The van der Waals surface area contributed by atoms with Gasteiger partial charge in [0.1, 0.15) is 0 Å². The van der Waals surface area contributed by atoms with Crippen LogP contribution < -0.4 is 10.6 Å². The molecule has 1 unspecified atom stereocenters. The fraction of sp³-hybridized carbons (Fsp3) is 0.682. The summed E-state index contributed by atoms with van der Waals surface area (Å²) in [6.07, 6.45) is 6.02. The van der Waals surface area contributed by atoms with Crippen LogP contribution in [-0.4, -0.2) is 67.1 Å². The molecule has 2 saturated heterocycles. The molecule has 2 N–H and O–H groups in total. The Labute approximate surface area is 163 Å². The molecule has 5 nitrogen and oxygen atoms in total. The maximum Gasteiger partial charge on any atom is 0.234 e. The monoisotopic (exact) mass is 370 g/mol. The molecule has 2 aliphatic heterocycles. The number of carbonyl (C=O) groups is 1. The van der Waals surface area contributed by atoms with E-state index in [1.807, 2.05) is 0 Å². The number of piperazine rings is 1. The predicted molar refractivity (Wildman–Crippen MR) is 109 cm³/mol. The number of rotatable bonds is 6. The van der Waals surface area contributed by atoms with Gasteiger partial charge in [0.15, 0.2) is 0 Å². The van der Waals surface area contributed by atoms with E-state index < -0.39 is 0 Å². The first kappa shape index (κ1) is 18.9. The first-order valence-electron chi connectivity index (χ1n) is 10.8. The largest absolute Gasteiger partial charge is 0.352 e. The number of benzene rings is 1. The van der Waals surface area contributed by atoms with Crippen LogP contribution in [0.5, 0.6) is 0 Å². The Balaban J connectivity index is 1.30. The smallest absolute Gasteiger partial charge is 0.234 e. The zero-order valence-corrected chi connectivity index (χ0v) is 16.6. The average molecular weight is 371 g/mol. The van der Waals surface area contributed by atoms with Crippen LogP contribution in [0.4, 0.5) is 0 Å². The third kappa shape index (κ3) is 4.89. The number of piperidine rings is 1. The Morgan fingerprint density at radius 2 is 1.85 bits per heavy atom. The number of hydrogen-bond donors (Lipinski definition) is 2. The van der Waals surface area contributed by atoms with Crippen LogP contribution in [0, 0.1) is 0 Å². The van der Waals surface area contributed by atoms with Gasteiger partial charge in [0, 0.05) is 50.8 Å². The number of aryl methyl sites for hydroxylation is 1. The molecule has 1 aromatic carbocycles. The maximum atomic E-state index is 12.7. The number of likely N-dealkylation sites (tertiary alicyclic amines) is 1.